The standard InChI is InChI=1S/C17H17N3O2/c1-11-19-15-8-5-13(9-16(15)20-11)17(21)18-10-12-3-6-14(22-2)7-4-12/h3-9H,10H2,1-2H3,(H,18,21)(H,19,20). The number of hydrogen-bond donors (Lipinski definition) is 2. The molecule has 0 aliphatic rings. The lowest BCUT2D eigenvalue weighted by molar-refractivity contribution is 0.0951. The molecular weight excluding hydrogens is 278 g/mol. The molecule has 0 saturated carbocycles. The summed E-state index contributed by atoms with van der Waals surface area (Å²) in [6, 6.07) is 13.1. The lowest BCUT2D eigenvalue weighted by atomic mass is 10.1. The normalized spacial score (nSPS) is 10.6. The number of rotatable bonds is 4. The molecule has 3 rings (SSSR count). The first-order valence-electron chi connectivity index (χ1n) is 7.03. The number of carbonyl (C=O) groups excluding carboxylic acids is 1. The van der Waals surface area contributed by atoms with E-state index in [9.17, 15) is 4.79 Å². The molecule has 1 heterocycles. The molecule has 22 heavy (non-hydrogen) atoms. The molecule has 0 fully saturated rings. The van der Waals surface area contributed by atoms with Gasteiger partial charge in [0, 0.05) is 12.1 Å². The van der Waals surface area contributed by atoms with Gasteiger partial charge in [-0.2, -0.15) is 0 Å². The number of methoxy groups -OCH3 is 1. The first kappa shape index (κ1) is 14.1. The number of nitrogens with one attached hydrogen (secondary N) is 2. The number of H-pyrrole nitrogens is 1. The average molecular weight is 295 g/mol. The second-order valence-corrected chi connectivity index (χ2v) is 5.08. The molecule has 0 unspecified atom stereocenters. The van der Waals surface area contributed by atoms with E-state index in [-0.39, 0.29) is 5.91 Å². The fraction of sp³-hybridized carbons (Fsp3) is 0.176. The number of benzene rings is 2. The van der Waals surface area contributed by atoms with Crippen molar-refractivity contribution in [3.8, 4) is 5.75 Å². The SMILES string of the molecule is COc1ccc(CNC(=O)c2ccc3nc(C)[nH]c3c2)cc1. The van der Waals surface area contributed by atoms with Crippen LogP contribution in [-0.4, -0.2) is 23.0 Å². The molecule has 5 nitrogen and oxygen atoms in total. The van der Waals surface area contributed by atoms with Gasteiger partial charge >= 0.3 is 0 Å². The number of imidazole rings is 1. The minimum atomic E-state index is -0.107. The minimum absolute atomic E-state index is 0.107. The number of fused-ring (bicyclic) bond motifs is 1. The van der Waals surface area contributed by atoms with Gasteiger partial charge in [-0.3, -0.25) is 4.79 Å². The van der Waals surface area contributed by atoms with Gasteiger partial charge in [0.15, 0.2) is 0 Å². The van der Waals surface area contributed by atoms with Gasteiger partial charge in [0.05, 0.1) is 18.1 Å². The van der Waals surface area contributed by atoms with Crippen LogP contribution in [0.2, 0.25) is 0 Å². The van der Waals surface area contributed by atoms with Crippen molar-refractivity contribution in [1.82, 2.24) is 15.3 Å². The molecule has 0 aliphatic heterocycles. The molecule has 1 amide bonds. The molecule has 0 saturated heterocycles. The Morgan fingerprint density at radius 2 is 2.00 bits per heavy atom. The van der Waals surface area contributed by atoms with E-state index < -0.39 is 0 Å². The Labute approximate surface area is 128 Å². The predicted octanol–water partition coefficient (Wildman–Crippen LogP) is 2.81. The van der Waals surface area contributed by atoms with Gasteiger partial charge in [0.1, 0.15) is 11.6 Å². The Morgan fingerprint density at radius 3 is 2.73 bits per heavy atom. The highest BCUT2D eigenvalue weighted by atomic mass is 16.5. The van der Waals surface area contributed by atoms with Crippen molar-refractivity contribution in [3.05, 3.63) is 59.4 Å². The van der Waals surface area contributed by atoms with Gasteiger partial charge < -0.3 is 15.0 Å². The van der Waals surface area contributed by atoms with Crippen LogP contribution in [0.3, 0.4) is 0 Å². The monoisotopic (exact) mass is 295 g/mol. The summed E-state index contributed by atoms with van der Waals surface area (Å²) in [5.41, 5.74) is 3.37. The number of amides is 1. The number of ether oxygens (including phenoxy) is 1. The summed E-state index contributed by atoms with van der Waals surface area (Å²) in [6.07, 6.45) is 0. The quantitative estimate of drug-likeness (QED) is 0.777. The minimum Gasteiger partial charge on any atom is -0.497 e. The molecule has 112 valence electrons. The summed E-state index contributed by atoms with van der Waals surface area (Å²) in [5, 5.41) is 2.91. The van der Waals surface area contributed by atoms with E-state index >= 15 is 0 Å². The zero-order valence-corrected chi connectivity index (χ0v) is 12.5. The largest absolute Gasteiger partial charge is 0.497 e. The van der Waals surface area contributed by atoms with Crippen LogP contribution in [0.25, 0.3) is 11.0 Å². The fourth-order valence-corrected chi connectivity index (χ4v) is 2.31. The highest BCUT2D eigenvalue weighted by Crippen LogP contribution is 2.14. The highest BCUT2D eigenvalue weighted by Gasteiger charge is 2.08. The van der Waals surface area contributed by atoms with Crippen molar-refractivity contribution in [2.75, 3.05) is 7.11 Å². The lowest BCUT2D eigenvalue weighted by Gasteiger charge is -2.06. The molecule has 3 aromatic rings. The van der Waals surface area contributed by atoms with Crippen LogP contribution in [0.1, 0.15) is 21.7 Å². The second-order valence-electron chi connectivity index (χ2n) is 5.08. The molecule has 5 heteroatoms. The fourth-order valence-electron chi connectivity index (χ4n) is 2.31. The summed E-state index contributed by atoms with van der Waals surface area (Å²) in [5.74, 6) is 1.53. The highest BCUT2D eigenvalue weighted by molar-refractivity contribution is 5.97. The van der Waals surface area contributed by atoms with Gasteiger partial charge in [0.2, 0.25) is 0 Å². The van der Waals surface area contributed by atoms with E-state index in [1.807, 2.05) is 43.3 Å². The van der Waals surface area contributed by atoms with E-state index in [1.165, 1.54) is 0 Å². The molecule has 0 aliphatic carbocycles. The van der Waals surface area contributed by atoms with Gasteiger partial charge in [-0.15, -0.1) is 0 Å². The van der Waals surface area contributed by atoms with Crippen LogP contribution in [0.5, 0.6) is 5.75 Å². The maximum absolute atomic E-state index is 12.2. The van der Waals surface area contributed by atoms with Gasteiger partial charge in [-0.05, 0) is 42.8 Å². The molecule has 0 spiro atoms. The van der Waals surface area contributed by atoms with Crippen molar-refractivity contribution >= 4 is 16.9 Å². The molecule has 0 radical (unpaired) electrons. The number of aromatic amines is 1. The Kier molecular flexibility index (Phi) is 3.78. The Hall–Kier alpha value is -2.82. The molecule has 0 bridgehead atoms. The summed E-state index contributed by atoms with van der Waals surface area (Å²) in [7, 11) is 1.63. The lowest BCUT2D eigenvalue weighted by Crippen LogP contribution is -2.22. The first-order valence-corrected chi connectivity index (χ1v) is 7.03. The summed E-state index contributed by atoms with van der Waals surface area (Å²) < 4.78 is 5.11. The average Bonchev–Trinajstić information content (AvgIpc) is 2.92. The van der Waals surface area contributed by atoms with E-state index in [1.54, 1.807) is 13.2 Å². The first-order chi connectivity index (χ1) is 10.7. The zero-order chi connectivity index (χ0) is 15.5. The smallest absolute Gasteiger partial charge is 0.251 e. The Morgan fingerprint density at radius 1 is 1.23 bits per heavy atom. The van der Waals surface area contributed by atoms with Crippen LogP contribution < -0.4 is 10.1 Å². The van der Waals surface area contributed by atoms with Crippen LogP contribution in [0, 0.1) is 6.92 Å². The van der Waals surface area contributed by atoms with Crippen molar-refractivity contribution < 1.29 is 9.53 Å². The molecule has 1 aromatic heterocycles. The molecule has 2 aromatic carbocycles. The zero-order valence-electron chi connectivity index (χ0n) is 12.5. The number of aryl methyl sites for hydroxylation is 1. The maximum Gasteiger partial charge on any atom is 0.251 e. The number of hydrogen-bond acceptors (Lipinski definition) is 3. The van der Waals surface area contributed by atoms with Crippen molar-refractivity contribution in [2.45, 2.75) is 13.5 Å². The van der Waals surface area contributed by atoms with Crippen molar-refractivity contribution in [1.29, 1.82) is 0 Å². The second kappa shape index (κ2) is 5.89. The number of carbonyl (C=O) groups is 1. The summed E-state index contributed by atoms with van der Waals surface area (Å²) >= 11 is 0. The maximum atomic E-state index is 12.2. The topological polar surface area (TPSA) is 67.0 Å². The van der Waals surface area contributed by atoms with E-state index in [4.69, 9.17) is 4.74 Å². The summed E-state index contributed by atoms with van der Waals surface area (Å²) in [6.45, 7) is 2.37. The van der Waals surface area contributed by atoms with Crippen LogP contribution in [-0.2, 0) is 6.54 Å². The van der Waals surface area contributed by atoms with E-state index in [2.05, 4.69) is 15.3 Å². The Bertz CT molecular complexity index is 806. The third-order valence-electron chi connectivity index (χ3n) is 3.47. The Balaban J connectivity index is 1.69. The van der Waals surface area contributed by atoms with E-state index in [0.717, 1.165) is 28.2 Å². The summed E-state index contributed by atoms with van der Waals surface area (Å²) in [4.78, 5) is 19.7. The van der Waals surface area contributed by atoms with Gasteiger partial charge in [0.25, 0.3) is 5.91 Å². The van der Waals surface area contributed by atoms with Crippen LogP contribution in [0.4, 0.5) is 0 Å². The third kappa shape index (κ3) is 2.93. The third-order valence-corrected chi connectivity index (χ3v) is 3.47. The van der Waals surface area contributed by atoms with Gasteiger partial charge in [-0.25, -0.2) is 4.98 Å². The van der Waals surface area contributed by atoms with Crippen LogP contribution >= 0.6 is 0 Å². The van der Waals surface area contributed by atoms with Gasteiger partial charge in [-0.1, -0.05) is 12.1 Å². The van der Waals surface area contributed by atoms with Crippen molar-refractivity contribution in [2.24, 2.45) is 0 Å². The predicted molar refractivity (Wildman–Crippen MR) is 85.0 cm³/mol. The molecular formula is C17H17N3O2. The number of aromatic nitrogens is 2. The molecule has 2 N–H and O–H groups in total. The van der Waals surface area contributed by atoms with Crippen molar-refractivity contribution in [3.63, 3.8) is 0 Å². The van der Waals surface area contributed by atoms with Crippen LogP contribution in [0.15, 0.2) is 42.5 Å². The number of nitrogens with zero attached hydrogens (tertiary/aromatic N) is 1. The molecule has 0 atom stereocenters. The van der Waals surface area contributed by atoms with E-state index in [0.29, 0.717) is 12.1 Å².